The second-order valence-electron chi connectivity index (χ2n) is 7.52. The summed E-state index contributed by atoms with van der Waals surface area (Å²) in [6.45, 7) is 0.682. The summed E-state index contributed by atoms with van der Waals surface area (Å²) in [5.41, 5.74) is 6.68. The van der Waals surface area contributed by atoms with E-state index >= 15 is 0 Å². The summed E-state index contributed by atoms with van der Waals surface area (Å²) in [5.74, 6) is -0.495. The third-order valence-electron chi connectivity index (χ3n) is 5.28. The highest BCUT2D eigenvalue weighted by Gasteiger charge is 2.32. The summed E-state index contributed by atoms with van der Waals surface area (Å²) in [4.78, 5) is 20.9. The molecule has 8 N–H and O–H groups in total. The number of aromatic nitrogens is 2. The van der Waals surface area contributed by atoms with Crippen LogP contribution in [-0.4, -0.2) is 72.5 Å². The van der Waals surface area contributed by atoms with E-state index < -0.39 is 25.6 Å². The SMILES string of the molecule is NC(C(=O)N1CC[C@@H](Oc2ccc(CCCB(O)O)c(O)c2C(O)O)C1)c1c[nH]cn1. The molecule has 0 aliphatic carbocycles. The number of carbonyl (C=O) groups excluding carboxylic acids is 1. The number of aromatic amines is 1. The van der Waals surface area contributed by atoms with E-state index in [0.29, 0.717) is 37.1 Å². The van der Waals surface area contributed by atoms with Gasteiger partial charge in [-0.2, -0.15) is 0 Å². The van der Waals surface area contributed by atoms with Gasteiger partial charge in [0.1, 0.15) is 23.6 Å². The molecule has 1 aliphatic rings. The standard InChI is InChI=1S/C19H27BN4O7/c21-16(13-8-22-10-23-13)18(26)24-7-5-12(9-24)31-14-4-3-11(2-1-6-20(29)30)17(25)15(14)19(27)28/h3-4,8,10,12,16,19,25,27-30H,1-2,5-7,9,21H2,(H,22,23)/t12-,16?/m1/s1. The minimum absolute atomic E-state index is 0.106. The molecular weight excluding hydrogens is 407 g/mol. The number of phenolic OH excluding ortho intramolecular Hbond substituents is 1. The molecule has 1 aromatic heterocycles. The van der Waals surface area contributed by atoms with Crippen LogP contribution in [0.2, 0.25) is 6.32 Å². The van der Waals surface area contributed by atoms with Crippen molar-refractivity contribution in [1.29, 1.82) is 0 Å². The van der Waals surface area contributed by atoms with Crippen LogP contribution in [0.1, 0.15) is 42.0 Å². The van der Waals surface area contributed by atoms with Gasteiger partial charge in [-0.05, 0) is 24.4 Å². The lowest BCUT2D eigenvalue weighted by Gasteiger charge is -2.22. The van der Waals surface area contributed by atoms with Gasteiger partial charge in [-0.1, -0.05) is 12.5 Å². The maximum Gasteiger partial charge on any atom is 0.451 e. The van der Waals surface area contributed by atoms with E-state index in [2.05, 4.69) is 9.97 Å². The Balaban J connectivity index is 1.66. The average molecular weight is 434 g/mol. The Morgan fingerprint density at radius 1 is 1.39 bits per heavy atom. The van der Waals surface area contributed by atoms with Crippen molar-refractivity contribution in [1.82, 2.24) is 14.9 Å². The second kappa shape index (κ2) is 10.1. The molecule has 168 valence electrons. The zero-order chi connectivity index (χ0) is 22.5. The van der Waals surface area contributed by atoms with Crippen molar-refractivity contribution >= 4 is 13.0 Å². The molecule has 3 rings (SSSR count). The van der Waals surface area contributed by atoms with E-state index in [9.17, 15) is 20.1 Å². The third kappa shape index (κ3) is 5.54. The van der Waals surface area contributed by atoms with E-state index in [1.807, 2.05) is 0 Å². The monoisotopic (exact) mass is 434 g/mol. The van der Waals surface area contributed by atoms with Gasteiger partial charge in [0.15, 0.2) is 6.29 Å². The van der Waals surface area contributed by atoms with Crippen LogP contribution in [0.4, 0.5) is 0 Å². The van der Waals surface area contributed by atoms with Crippen LogP contribution >= 0.6 is 0 Å². The second-order valence-corrected chi connectivity index (χ2v) is 7.52. The molecule has 31 heavy (non-hydrogen) atoms. The van der Waals surface area contributed by atoms with Gasteiger partial charge < -0.3 is 45.7 Å². The van der Waals surface area contributed by atoms with Gasteiger partial charge >= 0.3 is 7.12 Å². The summed E-state index contributed by atoms with van der Waals surface area (Å²) in [6, 6.07) is 2.23. The molecule has 2 atom stereocenters. The normalized spacial score (nSPS) is 17.2. The van der Waals surface area contributed by atoms with Crippen molar-refractivity contribution in [3.05, 3.63) is 41.5 Å². The van der Waals surface area contributed by atoms with Gasteiger partial charge in [0.25, 0.3) is 0 Å². The molecule has 0 radical (unpaired) electrons. The fraction of sp³-hybridized carbons (Fsp3) is 0.474. The predicted molar refractivity (Wildman–Crippen MR) is 110 cm³/mol. The van der Waals surface area contributed by atoms with Crippen molar-refractivity contribution in [2.24, 2.45) is 5.73 Å². The molecule has 2 heterocycles. The Morgan fingerprint density at radius 3 is 2.81 bits per heavy atom. The largest absolute Gasteiger partial charge is 0.507 e. The molecule has 2 aromatic rings. The molecule has 1 saturated heterocycles. The van der Waals surface area contributed by atoms with Gasteiger partial charge in [-0.15, -0.1) is 0 Å². The number of benzene rings is 1. The highest BCUT2D eigenvalue weighted by atomic mass is 16.5. The number of H-pyrrole nitrogens is 1. The quantitative estimate of drug-likeness (QED) is 0.196. The van der Waals surface area contributed by atoms with E-state index in [1.54, 1.807) is 17.2 Å². The van der Waals surface area contributed by atoms with Gasteiger partial charge in [0.05, 0.1) is 24.1 Å². The Kier molecular flexibility index (Phi) is 7.52. The molecule has 12 heteroatoms. The van der Waals surface area contributed by atoms with Crippen molar-refractivity contribution in [3.63, 3.8) is 0 Å². The Morgan fingerprint density at radius 2 is 2.16 bits per heavy atom. The fourth-order valence-corrected chi connectivity index (χ4v) is 3.63. The van der Waals surface area contributed by atoms with Crippen LogP contribution in [0.15, 0.2) is 24.7 Å². The van der Waals surface area contributed by atoms with Crippen LogP contribution in [0, 0.1) is 0 Å². The van der Waals surface area contributed by atoms with Gasteiger partial charge in [0.2, 0.25) is 5.91 Å². The highest BCUT2D eigenvalue weighted by Crippen LogP contribution is 2.37. The molecule has 11 nitrogen and oxygen atoms in total. The Hall–Kier alpha value is -2.64. The van der Waals surface area contributed by atoms with Gasteiger partial charge in [-0.3, -0.25) is 4.79 Å². The van der Waals surface area contributed by atoms with E-state index in [4.69, 9.17) is 20.5 Å². The van der Waals surface area contributed by atoms with Crippen LogP contribution < -0.4 is 10.5 Å². The number of phenols is 1. The zero-order valence-corrected chi connectivity index (χ0v) is 16.9. The number of aliphatic hydroxyl groups is 2. The molecule has 1 aromatic carbocycles. The van der Waals surface area contributed by atoms with Crippen LogP contribution in [0.25, 0.3) is 0 Å². The highest BCUT2D eigenvalue weighted by molar-refractivity contribution is 6.40. The van der Waals surface area contributed by atoms with Crippen molar-refractivity contribution in [3.8, 4) is 11.5 Å². The first-order valence-electron chi connectivity index (χ1n) is 10.0. The number of imidazole rings is 1. The van der Waals surface area contributed by atoms with E-state index in [1.165, 1.54) is 12.4 Å². The number of amides is 1. The molecule has 0 spiro atoms. The maximum absolute atomic E-state index is 12.6. The average Bonchev–Trinajstić information content (AvgIpc) is 3.40. The van der Waals surface area contributed by atoms with Crippen molar-refractivity contribution in [2.75, 3.05) is 13.1 Å². The number of nitrogens with one attached hydrogen (secondary N) is 1. The lowest BCUT2D eigenvalue weighted by Crippen LogP contribution is -2.38. The third-order valence-corrected chi connectivity index (χ3v) is 5.28. The fourth-order valence-electron chi connectivity index (χ4n) is 3.63. The number of aliphatic hydroxyl groups excluding tert-OH is 1. The van der Waals surface area contributed by atoms with Crippen LogP contribution in [0.3, 0.4) is 0 Å². The number of aryl methyl sites for hydroxylation is 1. The summed E-state index contributed by atoms with van der Waals surface area (Å²) in [7, 11) is -1.44. The molecule has 1 aliphatic heterocycles. The number of nitrogens with zero attached hydrogens (tertiary/aromatic N) is 2. The number of rotatable bonds is 9. The van der Waals surface area contributed by atoms with Crippen molar-refractivity contribution in [2.45, 2.75) is 44.0 Å². The first-order valence-corrected chi connectivity index (χ1v) is 10.0. The predicted octanol–water partition coefficient (Wildman–Crippen LogP) is -0.816. The van der Waals surface area contributed by atoms with Crippen molar-refractivity contribution < 1.29 is 34.9 Å². The molecule has 0 bridgehead atoms. The molecule has 1 fully saturated rings. The number of hydrogen-bond acceptors (Lipinski definition) is 9. The molecular formula is C19H27BN4O7. The summed E-state index contributed by atoms with van der Waals surface area (Å²) in [5, 5.41) is 47.9. The zero-order valence-electron chi connectivity index (χ0n) is 16.9. The number of likely N-dealkylation sites (tertiary alicyclic amines) is 1. The number of carbonyl (C=O) groups is 1. The number of nitrogens with two attached hydrogens (primary N) is 1. The summed E-state index contributed by atoms with van der Waals surface area (Å²) in [6.07, 6.45) is 1.98. The maximum atomic E-state index is 12.6. The minimum atomic E-state index is -1.97. The van der Waals surface area contributed by atoms with Crippen LogP contribution in [0.5, 0.6) is 11.5 Å². The molecule has 1 unspecified atom stereocenters. The summed E-state index contributed by atoms with van der Waals surface area (Å²) >= 11 is 0. The van der Waals surface area contributed by atoms with Gasteiger partial charge in [0, 0.05) is 19.2 Å². The van der Waals surface area contributed by atoms with Gasteiger partial charge in [-0.25, -0.2) is 4.98 Å². The molecule has 0 saturated carbocycles. The topological polar surface area (TPSA) is 185 Å². The number of hydrogen-bond donors (Lipinski definition) is 7. The number of aromatic hydroxyl groups is 1. The summed E-state index contributed by atoms with van der Waals surface area (Å²) < 4.78 is 5.88. The van der Waals surface area contributed by atoms with Crippen LogP contribution in [-0.2, 0) is 11.2 Å². The minimum Gasteiger partial charge on any atom is -0.507 e. The smallest absolute Gasteiger partial charge is 0.451 e. The van der Waals surface area contributed by atoms with E-state index in [0.717, 1.165) is 0 Å². The Labute approximate surface area is 179 Å². The first kappa shape index (κ1) is 23.0. The first-order chi connectivity index (χ1) is 14.8. The van der Waals surface area contributed by atoms with E-state index in [-0.39, 0.29) is 35.8 Å². The lowest BCUT2D eigenvalue weighted by molar-refractivity contribution is -0.132. The Bertz CT molecular complexity index is 878. The number of ether oxygens (including phenoxy) is 1. The molecule has 1 amide bonds. The lowest BCUT2D eigenvalue weighted by atomic mass is 9.83.